The molecule has 32 heavy (non-hydrogen) atoms. The van der Waals surface area contributed by atoms with Gasteiger partial charge >= 0.3 is 18.1 Å². The van der Waals surface area contributed by atoms with E-state index in [0.29, 0.717) is 7.14 Å². The highest BCUT2D eigenvalue weighted by molar-refractivity contribution is 14.1. The van der Waals surface area contributed by atoms with Crippen LogP contribution in [-0.4, -0.2) is 42.9 Å². The maximum atomic E-state index is 13.0. The van der Waals surface area contributed by atoms with Crippen LogP contribution in [0.15, 0.2) is 30.3 Å². The predicted molar refractivity (Wildman–Crippen MR) is 140 cm³/mol. The second kappa shape index (κ2) is 11.2. The van der Waals surface area contributed by atoms with Crippen LogP contribution in [0, 0.1) is 14.3 Å². The van der Waals surface area contributed by atoms with Gasteiger partial charge in [-0.2, -0.15) is 21.6 Å². The van der Waals surface area contributed by atoms with Gasteiger partial charge in [-0.05, 0) is 121 Å². The lowest BCUT2D eigenvalue weighted by molar-refractivity contribution is -0.197. The molecule has 1 N–H and O–H groups in total. The Hall–Kier alpha value is 0.000000000000000222. The summed E-state index contributed by atoms with van der Waals surface area (Å²) in [6, 6.07) is 6.90. The first-order valence-electron chi connectivity index (χ1n) is 7.97. The lowest BCUT2D eigenvalue weighted by Gasteiger charge is -2.19. The lowest BCUT2D eigenvalue weighted by Crippen LogP contribution is -2.39. The topological polar surface area (TPSA) is 107 Å². The van der Waals surface area contributed by atoms with Gasteiger partial charge in [0.15, 0.2) is 0 Å². The summed E-state index contributed by atoms with van der Waals surface area (Å²) in [7, 11) is -5.08. The van der Waals surface area contributed by atoms with Crippen molar-refractivity contribution in [3.63, 3.8) is 0 Å². The Morgan fingerprint density at radius 3 is 2.19 bits per heavy atom. The number of ether oxygens (including phenoxy) is 2. The Bertz CT molecular complexity index is 1170. The number of esters is 2. The summed E-state index contributed by atoms with van der Waals surface area (Å²) in [5.41, 5.74) is -0.152. The van der Waals surface area contributed by atoms with Crippen molar-refractivity contribution in [3.8, 4) is 5.75 Å². The zero-order valence-electron chi connectivity index (χ0n) is 15.1. The van der Waals surface area contributed by atoms with E-state index in [1.54, 1.807) is 28.7 Å². The van der Waals surface area contributed by atoms with E-state index in [1.807, 2.05) is 51.2 Å². The average Bonchev–Trinajstić information content (AvgIpc) is 2.63. The van der Waals surface area contributed by atoms with Gasteiger partial charge in [-0.3, -0.25) is 4.55 Å². The molecular weight excluding hydrogens is 913 g/mol. The van der Waals surface area contributed by atoms with Crippen LogP contribution in [0.1, 0.15) is 20.7 Å². The molecule has 1 atom stereocenters. The summed E-state index contributed by atoms with van der Waals surface area (Å²) in [6.45, 7) is 0. The minimum atomic E-state index is -5.23. The number of benzene rings is 2. The van der Waals surface area contributed by atoms with Gasteiger partial charge in [0.1, 0.15) is 11.5 Å². The van der Waals surface area contributed by atoms with Crippen molar-refractivity contribution in [1.82, 2.24) is 0 Å². The van der Waals surface area contributed by atoms with Crippen LogP contribution in [-0.2, 0) is 14.9 Å². The Morgan fingerprint density at radius 1 is 1.00 bits per heavy atom. The summed E-state index contributed by atoms with van der Waals surface area (Å²) >= 11 is 7.86. The van der Waals surface area contributed by atoms with Crippen molar-refractivity contribution in [3.05, 3.63) is 55.7 Å². The van der Waals surface area contributed by atoms with Crippen molar-refractivity contribution in [1.29, 1.82) is 0 Å². The summed E-state index contributed by atoms with van der Waals surface area (Å²) in [5, 5.41) is 0. The Labute approximate surface area is 234 Å². The molecule has 7 nitrogen and oxygen atoms in total. The minimum Gasteiger partial charge on any atom is -0.448 e. The second-order valence-electron chi connectivity index (χ2n) is 5.97. The number of carbonyl (C=O) groups is 2. The fraction of sp³-hybridized carbons (Fsp3) is 0.176. The molecule has 0 fully saturated rings. The van der Waals surface area contributed by atoms with Crippen LogP contribution >= 0.6 is 90.4 Å². The van der Waals surface area contributed by atoms with Crippen molar-refractivity contribution < 1.29 is 45.2 Å². The smallest absolute Gasteiger partial charge is 0.426 e. The molecule has 0 radical (unpaired) electrons. The minimum absolute atomic E-state index is 0.104. The number of halogens is 7. The van der Waals surface area contributed by atoms with Crippen LogP contribution in [0.5, 0.6) is 5.75 Å². The summed E-state index contributed by atoms with van der Waals surface area (Å²) in [6.07, 6.45) is -8.31. The van der Waals surface area contributed by atoms with Crippen LogP contribution in [0.4, 0.5) is 13.2 Å². The van der Waals surface area contributed by atoms with Gasteiger partial charge in [-0.25, -0.2) is 9.59 Å². The molecule has 0 aliphatic carbocycles. The average molecular weight is 922 g/mol. The third-order valence-electron chi connectivity index (χ3n) is 3.56. The third kappa shape index (κ3) is 8.05. The monoisotopic (exact) mass is 922 g/mol. The van der Waals surface area contributed by atoms with E-state index in [1.165, 1.54) is 6.07 Å². The van der Waals surface area contributed by atoms with Crippen molar-refractivity contribution in [2.75, 3.05) is 5.75 Å². The van der Waals surface area contributed by atoms with E-state index >= 15 is 0 Å². The summed E-state index contributed by atoms with van der Waals surface area (Å²) in [5.74, 6) is -4.21. The summed E-state index contributed by atoms with van der Waals surface area (Å²) < 4.78 is 81.6. The standard InChI is InChI=1S/C17H9F3I4O7S/c18-17(19,20)13(6-32(27,28)29)31-15(25)7-1-2-10(22)12(3-7)30-16(26)9-4-8(21)5-11(23)14(9)24/h1-5,13H,6H2,(H,27,28,29). The Kier molecular flexibility index (Phi) is 9.85. The first-order chi connectivity index (χ1) is 14.6. The molecule has 0 spiro atoms. The van der Waals surface area contributed by atoms with Gasteiger partial charge in [0.05, 0.1) is 14.7 Å². The van der Waals surface area contributed by atoms with E-state index in [9.17, 15) is 31.2 Å². The van der Waals surface area contributed by atoms with Crippen molar-refractivity contribution in [2.24, 2.45) is 0 Å². The zero-order chi connectivity index (χ0) is 24.4. The molecule has 0 saturated heterocycles. The number of rotatable bonds is 6. The number of hydrogen-bond donors (Lipinski definition) is 1. The molecule has 2 rings (SSSR count). The highest BCUT2D eigenvalue weighted by Crippen LogP contribution is 2.29. The maximum absolute atomic E-state index is 13.0. The molecule has 0 amide bonds. The van der Waals surface area contributed by atoms with Crippen LogP contribution in [0.2, 0.25) is 0 Å². The fourth-order valence-electron chi connectivity index (χ4n) is 2.15. The first-order valence-corrected chi connectivity index (χ1v) is 13.9. The fourth-order valence-corrected chi connectivity index (χ4v) is 5.61. The van der Waals surface area contributed by atoms with E-state index in [0.717, 1.165) is 19.3 Å². The van der Waals surface area contributed by atoms with Gasteiger partial charge in [0.25, 0.3) is 10.1 Å². The third-order valence-corrected chi connectivity index (χ3v) is 8.84. The molecule has 0 heterocycles. The highest BCUT2D eigenvalue weighted by atomic mass is 127. The SMILES string of the molecule is O=C(OC(CS(=O)(=O)O)C(F)(F)F)c1ccc(I)c(OC(=O)c2cc(I)cc(I)c2I)c1. The zero-order valence-corrected chi connectivity index (χ0v) is 24.6. The Balaban J connectivity index is 2.30. The van der Waals surface area contributed by atoms with E-state index in [-0.39, 0.29) is 11.3 Å². The molecular formula is C17H9F3I4O7S. The molecule has 174 valence electrons. The molecule has 0 bridgehead atoms. The molecule has 2 aromatic rings. The molecule has 0 aromatic heterocycles. The maximum Gasteiger partial charge on any atom is 0.426 e. The molecule has 15 heteroatoms. The molecule has 2 aromatic carbocycles. The number of hydrogen-bond acceptors (Lipinski definition) is 6. The largest absolute Gasteiger partial charge is 0.448 e. The van der Waals surface area contributed by atoms with Gasteiger partial charge in [0, 0.05) is 10.7 Å². The van der Waals surface area contributed by atoms with E-state index in [4.69, 9.17) is 9.29 Å². The van der Waals surface area contributed by atoms with Crippen molar-refractivity contribution in [2.45, 2.75) is 12.3 Å². The van der Waals surface area contributed by atoms with Crippen molar-refractivity contribution >= 4 is 112 Å². The van der Waals surface area contributed by atoms with Gasteiger partial charge in [0.2, 0.25) is 6.10 Å². The van der Waals surface area contributed by atoms with Gasteiger partial charge < -0.3 is 9.47 Å². The first kappa shape index (κ1) is 28.2. The van der Waals surface area contributed by atoms with Crippen LogP contribution < -0.4 is 4.74 Å². The Morgan fingerprint density at radius 2 is 1.62 bits per heavy atom. The molecule has 0 saturated carbocycles. The highest BCUT2D eigenvalue weighted by Gasteiger charge is 2.45. The van der Waals surface area contributed by atoms with Gasteiger partial charge in [-0.1, -0.05) is 0 Å². The number of carbonyl (C=O) groups excluding carboxylic acids is 2. The lowest BCUT2D eigenvalue weighted by atomic mass is 10.2. The van der Waals surface area contributed by atoms with E-state index < -0.39 is 45.7 Å². The van der Waals surface area contributed by atoms with Gasteiger partial charge in [-0.15, -0.1) is 0 Å². The molecule has 0 aliphatic heterocycles. The summed E-state index contributed by atoms with van der Waals surface area (Å²) in [4.78, 5) is 24.8. The van der Waals surface area contributed by atoms with E-state index in [2.05, 4.69) is 27.3 Å². The molecule has 1 unspecified atom stereocenters. The van der Waals surface area contributed by atoms with Crippen LogP contribution in [0.25, 0.3) is 0 Å². The molecule has 0 aliphatic rings. The second-order valence-corrected chi connectivity index (χ2v) is 12.1. The quantitative estimate of drug-likeness (QED) is 0.138. The number of alkyl halides is 3. The predicted octanol–water partition coefficient (Wildman–Crippen LogP) is 5.30. The normalized spacial score (nSPS) is 12.9. The van der Waals surface area contributed by atoms with Crippen LogP contribution in [0.3, 0.4) is 0 Å².